The summed E-state index contributed by atoms with van der Waals surface area (Å²) in [5, 5.41) is 35.9. The SMILES string of the molecule is O=[N+]([O-])c1ccc(-c2cn(Cc3cccc(COCCCCn4cc(CO)nn4)n3)nn2)cc1. The molecule has 176 valence electrons. The van der Waals surface area contributed by atoms with Crippen molar-refractivity contribution in [2.75, 3.05) is 6.61 Å². The molecule has 1 N–H and O–H groups in total. The van der Waals surface area contributed by atoms with E-state index in [2.05, 4.69) is 25.6 Å². The van der Waals surface area contributed by atoms with Gasteiger partial charge in [-0.15, -0.1) is 10.2 Å². The highest BCUT2D eigenvalue weighted by molar-refractivity contribution is 5.59. The highest BCUT2D eigenvalue weighted by Gasteiger charge is 2.09. The maximum Gasteiger partial charge on any atom is 0.269 e. The number of aliphatic hydroxyl groups is 1. The zero-order chi connectivity index (χ0) is 23.8. The average Bonchev–Trinajstić information content (AvgIpc) is 3.51. The van der Waals surface area contributed by atoms with Crippen molar-refractivity contribution in [2.24, 2.45) is 0 Å². The van der Waals surface area contributed by atoms with Crippen molar-refractivity contribution in [1.29, 1.82) is 0 Å². The normalized spacial score (nSPS) is 11.1. The Morgan fingerprint density at radius 3 is 2.50 bits per heavy atom. The fourth-order valence-electron chi connectivity index (χ4n) is 3.30. The summed E-state index contributed by atoms with van der Waals surface area (Å²) in [6, 6.07) is 12.0. The van der Waals surface area contributed by atoms with Crippen LogP contribution in [-0.4, -0.2) is 51.6 Å². The van der Waals surface area contributed by atoms with Crippen LogP contribution in [0, 0.1) is 10.1 Å². The summed E-state index contributed by atoms with van der Waals surface area (Å²) >= 11 is 0. The molecule has 34 heavy (non-hydrogen) atoms. The van der Waals surface area contributed by atoms with Gasteiger partial charge in [-0.05, 0) is 37.1 Å². The lowest BCUT2D eigenvalue weighted by atomic mass is 10.1. The van der Waals surface area contributed by atoms with Crippen molar-refractivity contribution in [1.82, 2.24) is 35.0 Å². The number of aromatic nitrogens is 7. The van der Waals surface area contributed by atoms with Crippen LogP contribution in [0.1, 0.15) is 29.9 Å². The smallest absolute Gasteiger partial charge is 0.269 e. The molecule has 0 atom stereocenters. The molecule has 0 unspecified atom stereocenters. The molecule has 0 saturated heterocycles. The molecule has 4 aromatic rings. The number of ether oxygens (including phenoxy) is 1. The van der Waals surface area contributed by atoms with E-state index in [-0.39, 0.29) is 12.3 Å². The summed E-state index contributed by atoms with van der Waals surface area (Å²) in [4.78, 5) is 15.0. The maximum absolute atomic E-state index is 10.8. The Hall–Kier alpha value is -4.03. The van der Waals surface area contributed by atoms with Gasteiger partial charge in [0.1, 0.15) is 11.4 Å². The number of rotatable bonds is 12. The molecule has 0 amide bonds. The molecule has 4 rings (SSSR count). The monoisotopic (exact) mass is 464 g/mol. The van der Waals surface area contributed by atoms with Crippen LogP contribution in [0.15, 0.2) is 54.9 Å². The molecular weight excluding hydrogens is 440 g/mol. The third-order valence-corrected chi connectivity index (χ3v) is 5.02. The van der Waals surface area contributed by atoms with Crippen LogP contribution in [0.4, 0.5) is 5.69 Å². The van der Waals surface area contributed by atoms with Crippen LogP contribution in [0.2, 0.25) is 0 Å². The molecule has 0 fully saturated rings. The van der Waals surface area contributed by atoms with E-state index in [1.165, 1.54) is 12.1 Å². The number of hydrogen-bond donors (Lipinski definition) is 1. The Kier molecular flexibility index (Phi) is 7.63. The van der Waals surface area contributed by atoms with Crippen LogP contribution >= 0.6 is 0 Å². The third kappa shape index (κ3) is 6.27. The Bertz CT molecular complexity index is 1220. The van der Waals surface area contributed by atoms with Gasteiger partial charge in [0.2, 0.25) is 0 Å². The number of pyridine rings is 1. The van der Waals surface area contributed by atoms with Crippen molar-refractivity contribution in [3.8, 4) is 11.3 Å². The minimum Gasteiger partial charge on any atom is -0.390 e. The molecule has 3 aromatic heterocycles. The number of benzene rings is 1. The van der Waals surface area contributed by atoms with E-state index in [1.807, 2.05) is 18.2 Å². The van der Waals surface area contributed by atoms with Crippen LogP contribution in [-0.2, 0) is 31.0 Å². The molecule has 0 radical (unpaired) electrons. The van der Waals surface area contributed by atoms with E-state index in [4.69, 9.17) is 9.84 Å². The summed E-state index contributed by atoms with van der Waals surface area (Å²) in [6.07, 6.45) is 5.29. The number of aliphatic hydroxyl groups excluding tert-OH is 1. The molecule has 0 aliphatic rings. The van der Waals surface area contributed by atoms with Crippen LogP contribution in [0.3, 0.4) is 0 Å². The molecule has 1 aromatic carbocycles. The average molecular weight is 464 g/mol. The Labute approximate surface area is 195 Å². The van der Waals surface area contributed by atoms with Crippen molar-refractivity contribution in [2.45, 2.75) is 39.1 Å². The zero-order valence-electron chi connectivity index (χ0n) is 18.4. The Balaban J connectivity index is 1.23. The van der Waals surface area contributed by atoms with Gasteiger partial charge in [-0.3, -0.25) is 19.8 Å². The van der Waals surface area contributed by atoms with Crippen molar-refractivity contribution < 1.29 is 14.8 Å². The van der Waals surface area contributed by atoms with E-state index < -0.39 is 4.92 Å². The fraction of sp³-hybridized carbons (Fsp3) is 0.318. The quantitative estimate of drug-likeness (QED) is 0.189. The summed E-state index contributed by atoms with van der Waals surface area (Å²) in [5.74, 6) is 0. The van der Waals surface area contributed by atoms with E-state index in [0.29, 0.717) is 31.1 Å². The van der Waals surface area contributed by atoms with Gasteiger partial charge in [0.15, 0.2) is 0 Å². The van der Waals surface area contributed by atoms with Crippen molar-refractivity contribution in [3.05, 3.63) is 82.1 Å². The van der Waals surface area contributed by atoms with Crippen LogP contribution in [0.5, 0.6) is 0 Å². The van der Waals surface area contributed by atoms with E-state index >= 15 is 0 Å². The molecule has 0 bridgehead atoms. The number of hydrogen-bond acceptors (Lipinski definition) is 9. The van der Waals surface area contributed by atoms with Gasteiger partial charge in [0.25, 0.3) is 5.69 Å². The largest absolute Gasteiger partial charge is 0.390 e. The summed E-state index contributed by atoms with van der Waals surface area (Å²) in [5.41, 5.74) is 3.64. The first-order valence-electron chi connectivity index (χ1n) is 10.8. The van der Waals surface area contributed by atoms with E-state index in [0.717, 1.165) is 36.3 Å². The lowest BCUT2D eigenvalue weighted by Gasteiger charge is -2.06. The topological polar surface area (TPSA) is 147 Å². The second kappa shape index (κ2) is 11.2. The maximum atomic E-state index is 10.8. The van der Waals surface area contributed by atoms with Crippen molar-refractivity contribution in [3.63, 3.8) is 0 Å². The highest BCUT2D eigenvalue weighted by Crippen LogP contribution is 2.20. The molecule has 0 aliphatic heterocycles. The summed E-state index contributed by atoms with van der Waals surface area (Å²) in [6.45, 7) is 2.09. The number of unbranched alkanes of at least 4 members (excludes halogenated alkanes) is 1. The first kappa shape index (κ1) is 23.1. The molecular formula is C22H24N8O4. The predicted octanol–water partition coefficient (Wildman–Crippen LogP) is 2.38. The number of aryl methyl sites for hydroxylation is 1. The Morgan fingerprint density at radius 2 is 1.74 bits per heavy atom. The number of nitro groups is 1. The lowest BCUT2D eigenvalue weighted by Crippen LogP contribution is -2.06. The molecule has 0 saturated carbocycles. The van der Waals surface area contributed by atoms with Crippen molar-refractivity contribution >= 4 is 5.69 Å². The lowest BCUT2D eigenvalue weighted by molar-refractivity contribution is -0.384. The van der Waals surface area contributed by atoms with Gasteiger partial charge < -0.3 is 9.84 Å². The predicted molar refractivity (Wildman–Crippen MR) is 120 cm³/mol. The van der Waals surface area contributed by atoms with Crippen LogP contribution in [0.25, 0.3) is 11.3 Å². The Morgan fingerprint density at radius 1 is 0.941 bits per heavy atom. The van der Waals surface area contributed by atoms with Gasteiger partial charge in [-0.2, -0.15) is 0 Å². The molecule has 12 nitrogen and oxygen atoms in total. The zero-order valence-corrected chi connectivity index (χ0v) is 18.4. The van der Waals surface area contributed by atoms with Gasteiger partial charge >= 0.3 is 0 Å². The highest BCUT2D eigenvalue weighted by atomic mass is 16.6. The number of nitro benzene ring substituents is 1. The minimum atomic E-state index is -0.434. The van der Waals surface area contributed by atoms with Crippen LogP contribution < -0.4 is 0 Å². The molecule has 0 aliphatic carbocycles. The molecule has 0 spiro atoms. The van der Waals surface area contributed by atoms with Gasteiger partial charge in [0.05, 0.1) is 48.5 Å². The summed E-state index contributed by atoms with van der Waals surface area (Å²) in [7, 11) is 0. The van der Waals surface area contributed by atoms with E-state index in [1.54, 1.807) is 33.9 Å². The number of nitrogens with zero attached hydrogens (tertiary/aromatic N) is 8. The standard InChI is InChI=1S/C22H24N8O4/c31-15-20-13-28(26-24-20)10-1-2-11-34-16-19-5-3-4-18(23-19)12-29-14-22(25-27-29)17-6-8-21(9-7-17)30(32)33/h3-9,13-14,31H,1-2,10-12,15-16H2. The first-order valence-corrected chi connectivity index (χ1v) is 10.8. The molecule has 12 heteroatoms. The van der Waals surface area contributed by atoms with Gasteiger partial charge in [-0.25, -0.2) is 4.68 Å². The van der Waals surface area contributed by atoms with E-state index in [9.17, 15) is 10.1 Å². The number of non-ortho nitro benzene ring substituents is 1. The fourth-order valence-corrected chi connectivity index (χ4v) is 3.30. The third-order valence-electron chi connectivity index (χ3n) is 5.02. The summed E-state index contributed by atoms with van der Waals surface area (Å²) < 4.78 is 9.14. The van der Waals surface area contributed by atoms with Gasteiger partial charge in [0, 0.05) is 30.8 Å². The minimum absolute atomic E-state index is 0.0335. The second-order valence-corrected chi connectivity index (χ2v) is 7.62. The molecule has 3 heterocycles. The van der Waals surface area contributed by atoms with Gasteiger partial charge in [-0.1, -0.05) is 16.5 Å². The first-order chi connectivity index (χ1) is 16.6. The second-order valence-electron chi connectivity index (χ2n) is 7.62.